The summed E-state index contributed by atoms with van der Waals surface area (Å²) in [5.74, 6) is -3.09. The van der Waals surface area contributed by atoms with Gasteiger partial charge in [-0.1, -0.05) is 32.1 Å². The summed E-state index contributed by atoms with van der Waals surface area (Å²) in [6.45, 7) is 0. The second-order valence-electron chi connectivity index (χ2n) is 4.31. The van der Waals surface area contributed by atoms with E-state index in [0.717, 1.165) is 19.3 Å². The van der Waals surface area contributed by atoms with Gasteiger partial charge in [0, 0.05) is 0 Å². The van der Waals surface area contributed by atoms with Gasteiger partial charge in [-0.15, -0.1) is 0 Å². The molecular weight excluding hydrogens is 235 g/mol. The molecule has 0 unspecified atom stereocenters. The van der Waals surface area contributed by atoms with Gasteiger partial charge < -0.3 is 10.2 Å². The molecule has 1 aliphatic carbocycles. The van der Waals surface area contributed by atoms with Crippen LogP contribution in [0.25, 0.3) is 0 Å². The third kappa shape index (κ3) is 5.77. The average Bonchev–Trinajstić information content (AvgIpc) is 2.18. The maximum absolute atomic E-state index is 10.6. The van der Waals surface area contributed by atoms with Crippen molar-refractivity contribution in [2.75, 3.05) is 0 Å². The van der Waals surface area contributed by atoms with E-state index < -0.39 is 17.9 Å². The molecule has 0 spiro atoms. The number of carboxylic acid groups (broad SMARTS) is 2. The Morgan fingerprint density at radius 2 is 1.56 bits per heavy atom. The van der Waals surface area contributed by atoms with Crippen LogP contribution in [0, 0.1) is 11.8 Å². The van der Waals surface area contributed by atoms with Gasteiger partial charge in [0.1, 0.15) is 0 Å². The molecule has 0 aromatic heterocycles. The van der Waals surface area contributed by atoms with Gasteiger partial charge in [-0.2, -0.15) is 0 Å². The molecule has 0 aromatic rings. The second kappa shape index (κ2) is 8.64. The van der Waals surface area contributed by atoms with Gasteiger partial charge in [0.25, 0.3) is 0 Å². The quantitative estimate of drug-likeness (QED) is 0.575. The van der Waals surface area contributed by atoms with Crippen molar-refractivity contribution in [2.24, 2.45) is 11.8 Å². The molecule has 16 heavy (non-hydrogen) atoms. The zero-order valence-corrected chi connectivity index (χ0v) is 8.82. The van der Waals surface area contributed by atoms with Crippen molar-refractivity contribution in [1.82, 2.24) is 0 Å². The Morgan fingerprint density at radius 1 is 1.06 bits per heavy atom. The molecule has 88 valence electrons. The van der Waals surface area contributed by atoms with Crippen LogP contribution in [0.1, 0.15) is 44.9 Å². The zero-order valence-electron chi connectivity index (χ0n) is 8.82. The SMILES string of the molecule is O=C(O)C(CCC1CCCCC1)C(=O)O.[KH]. The molecule has 1 aliphatic rings. The molecule has 0 radical (unpaired) electrons. The predicted molar refractivity (Wildman–Crippen MR) is 61.7 cm³/mol. The van der Waals surface area contributed by atoms with E-state index >= 15 is 0 Å². The number of rotatable bonds is 5. The first-order valence-electron chi connectivity index (χ1n) is 5.57. The normalized spacial score (nSPS) is 16.8. The number of carbonyl (C=O) groups is 2. The van der Waals surface area contributed by atoms with E-state index in [4.69, 9.17) is 10.2 Å². The number of hydrogen-bond acceptors (Lipinski definition) is 2. The molecule has 0 heterocycles. The fourth-order valence-corrected chi connectivity index (χ4v) is 2.23. The van der Waals surface area contributed by atoms with Crippen molar-refractivity contribution < 1.29 is 19.8 Å². The van der Waals surface area contributed by atoms with Crippen LogP contribution in [0.4, 0.5) is 0 Å². The molecule has 1 rings (SSSR count). The summed E-state index contributed by atoms with van der Waals surface area (Å²) in [4.78, 5) is 21.3. The first kappa shape index (κ1) is 16.6. The molecule has 1 saturated carbocycles. The van der Waals surface area contributed by atoms with E-state index in [0.29, 0.717) is 5.92 Å². The van der Waals surface area contributed by atoms with Gasteiger partial charge in [0.15, 0.2) is 5.92 Å². The monoisotopic (exact) mass is 254 g/mol. The van der Waals surface area contributed by atoms with E-state index in [1.807, 2.05) is 0 Å². The minimum absolute atomic E-state index is 0. The van der Waals surface area contributed by atoms with Crippen LogP contribution in [0.2, 0.25) is 0 Å². The molecule has 0 atom stereocenters. The topological polar surface area (TPSA) is 74.6 Å². The van der Waals surface area contributed by atoms with Crippen LogP contribution in [0.3, 0.4) is 0 Å². The fourth-order valence-electron chi connectivity index (χ4n) is 2.23. The van der Waals surface area contributed by atoms with E-state index in [1.54, 1.807) is 0 Å². The Bertz CT molecular complexity index is 222. The van der Waals surface area contributed by atoms with Crippen molar-refractivity contribution >= 4 is 63.3 Å². The van der Waals surface area contributed by atoms with E-state index in [2.05, 4.69) is 0 Å². The van der Waals surface area contributed by atoms with Gasteiger partial charge in [-0.25, -0.2) is 0 Å². The molecule has 0 bridgehead atoms. The van der Waals surface area contributed by atoms with Crippen molar-refractivity contribution in [2.45, 2.75) is 44.9 Å². The van der Waals surface area contributed by atoms with Crippen LogP contribution in [-0.2, 0) is 9.59 Å². The van der Waals surface area contributed by atoms with Crippen LogP contribution < -0.4 is 0 Å². The van der Waals surface area contributed by atoms with Crippen molar-refractivity contribution in [1.29, 1.82) is 0 Å². The van der Waals surface area contributed by atoms with Crippen molar-refractivity contribution in [3.05, 3.63) is 0 Å². The Labute approximate surface area is 138 Å². The molecule has 0 aliphatic heterocycles. The van der Waals surface area contributed by atoms with Gasteiger partial charge in [0.2, 0.25) is 0 Å². The summed E-state index contributed by atoms with van der Waals surface area (Å²) in [5, 5.41) is 17.4. The molecule has 5 heteroatoms. The van der Waals surface area contributed by atoms with Gasteiger partial charge in [0.05, 0.1) is 0 Å². The summed E-state index contributed by atoms with van der Waals surface area (Å²) in [6.07, 6.45) is 6.94. The number of carboxylic acids is 2. The molecule has 0 amide bonds. The summed E-state index contributed by atoms with van der Waals surface area (Å²) >= 11 is 0. The van der Waals surface area contributed by atoms with Crippen molar-refractivity contribution in [3.63, 3.8) is 0 Å². The first-order chi connectivity index (χ1) is 7.11. The molecule has 1 fully saturated rings. The van der Waals surface area contributed by atoms with Crippen LogP contribution in [0.5, 0.6) is 0 Å². The summed E-state index contributed by atoms with van der Waals surface area (Å²) < 4.78 is 0. The van der Waals surface area contributed by atoms with E-state index in [1.165, 1.54) is 19.3 Å². The van der Waals surface area contributed by atoms with Gasteiger partial charge >= 0.3 is 63.3 Å². The number of hydrogen-bond donors (Lipinski definition) is 2. The predicted octanol–water partition coefficient (Wildman–Crippen LogP) is 1.48. The van der Waals surface area contributed by atoms with Gasteiger partial charge in [-0.3, -0.25) is 9.59 Å². The Balaban J connectivity index is 0.00000225. The maximum atomic E-state index is 10.6. The summed E-state index contributed by atoms with van der Waals surface area (Å²) in [7, 11) is 0. The van der Waals surface area contributed by atoms with Gasteiger partial charge in [-0.05, 0) is 18.8 Å². The van der Waals surface area contributed by atoms with E-state index in [-0.39, 0.29) is 57.8 Å². The standard InChI is InChI=1S/C11H18O4.K.H/c12-10(13)9(11(14)15)7-6-8-4-2-1-3-5-8;;/h8-9H,1-7H2,(H,12,13)(H,14,15);;. The van der Waals surface area contributed by atoms with Crippen LogP contribution in [0.15, 0.2) is 0 Å². The van der Waals surface area contributed by atoms with Crippen LogP contribution in [-0.4, -0.2) is 73.5 Å². The number of aliphatic carboxylic acids is 2. The minimum atomic E-state index is -1.22. The van der Waals surface area contributed by atoms with Crippen molar-refractivity contribution in [3.8, 4) is 0 Å². The third-order valence-corrected chi connectivity index (χ3v) is 3.18. The molecule has 0 aromatic carbocycles. The second-order valence-corrected chi connectivity index (χ2v) is 4.31. The first-order valence-corrected chi connectivity index (χ1v) is 5.57. The zero-order chi connectivity index (χ0) is 11.3. The average molecular weight is 254 g/mol. The Hall–Kier alpha value is 0.576. The Kier molecular flexibility index (Phi) is 8.95. The molecule has 2 N–H and O–H groups in total. The Morgan fingerprint density at radius 3 is 2.00 bits per heavy atom. The molecular formula is C11H19KO4. The molecule has 0 saturated heterocycles. The summed E-state index contributed by atoms with van der Waals surface area (Å²) in [5.41, 5.74) is 0. The third-order valence-electron chi connectivity index (χ3n) is 3.18. The molecule has 4 nitrogen and oxygen atoms in total. The summed E-state index contributed by atoms with van der Waals surface area (Å²) in [6, 6.07) is 0. The van der Waals surface area contributed by atoms with Crippen LogP contribution >= 0.6 is 0 Å². The van der Waals surface area contributed by atoms with E-state index in [9.17, 15) is 9.59 Å². The fraction of sp³-hybridized carbons (Fsp3) is 0.818.